The standard InChI is InChI=1S/C20H22N4O/c1-14-5-3-6-16(11-14)13-20(25)23-10-4-7-17(23)18-8-9-21-19-12-15(2)22-24(18)19/h3,5-6,8-9,11-12,17H,4,7,10,13H2,1-2H3/t17-/m0/s1. The van der Waals surface area contributed by atoms with E-state index in [0.29, 0.717) is 6.42 Å². The quantitative estimate of drug-likeness (QED) is 0.739. The summed E-state index contributed by atoms with van der Waals surface area (Å²) >= 11 is 0. The molecule has 0 radical (unpaired) electrons. The van der Waals surface area contributed by atoms with Crippen LogP contribution in [0.25, 0.3) is 5.65 Å². The number of benzene rings is 1. The Balaban J connectivity index is 1.62. The van der Waals surface area contributed by atoms with Gasteiger partial charge in [0, 0.05) is 18.8 Å². The van der Waals surface area contributed by atoms with Gasteiger partial charge >= 0.3 is 0 Å². The van der Waals surface area contributed by atoms with Gasteiger partial charge in [0.15, 0.2) is 5.65 Å². The topological polar surface area (TPSA) is 50.5 Å². The summed E-state index contributed by atoms with van der Waals surface area (Å²) in [5.74, 6) is 0.182. The van der Waals surface area contributed by atoms with Gasteiger partial charge in [-0.15, -0.1) is 0 Å². The molecule has 1 atom stereocenters. The van der Waals surface area contributed by atoms with E-state index in [2.05, 4.69) is 29.1 Å². The average molecular weight is 334 g/mol. The molecule has 1 aliphatic heterocycles. The number of likely N-dealkylation sites (tertiary alicyclic amines) is 1. The summed E-state index contributed by atoms with van der Waals surface area (Å²) in [5.41, 5.74) is 5.09. The van der Waals surface area contributed by atoms with Crippen LogP contribution in [0.1, 0.15) is 41.4 Å². The number of hydrogen-bond donors (Lipinski definition) is 0. The lowest BCUT2D eigenvalue weighted by molar-refractivity contribution is -0.131. The summed E-state index contributed by atoms with van der Waals surface area (Å²) < 4.78 is 1.89. The number of aryl methyl sites for hydroxylation is 2. The van der Waals surface area contributed by atoms with Gasteiger partial charge in [-0.25, -0.2) is 9.50 Å². The van der Waals surface area contributed by atoms with Crippen LogP contribution in [0, 0.1) is 13.8 Å². The molecule has 0 saturated carbocycles. The summed E-state index contributed by atoms with van der Waals surface area (Å²) in [4.78, 5) is 19.3. The molecule has 0 aliphatic carbocycles. The lowest BCUT2D eigenvalue weighted by Crippen LogP contribution is -2.32. The number of carbonyl (C=O) groups is 1. The number of carbonyl (C=O) groups excluding carboxylic acids is 1. The molecule has 5 heteroatoms. The largest absolute Gasteiger partial charge is 0.334 e. The van der Waals surface area contributed by atoms with Crippen LogP contribution in [0.15, 0.2) is 42.6 Å². The second kappa shape index (κ2) is 6.31. The smallest absolute Gasteiger partial charge is 0.227 e. The number of hydrogen-bond acceptors (Lipinski definition) is 3. The predicted molar refractivity (Wildman–Crippen MR) is 96.3 cm³/mol. The van der Waals surface area contributed by atoms with Crippen molar-refractivity contribution in [3.63, 3.8) is 0 Å². The van der Waals surface area contributed by atoms with E-state index >= 15 is 0 Å². The van der Waals surface area contributed by atoms with E-state index in [-0.39, 0.29) is 11.9 Å². The fraction of sp³-hybridized carbons (Fsp3) is 0.350. The van der Waals surface area contributed by atoms with Crippen molar-refractivity contribution in [1.82, 2.24) is 19.5 Å². The SMILES string of the molecule is Cc1cccc(CC(=O)N2CCC[C@H]2c2ccnc3cc(C)nn23)c1. The lowest BCUT2D eigenvalue weighted by Gasteiger charge is -2.25. The van der Waals surface area contributed by atoms with Gasteiger partial charge in [0.1, 0.15) is 0 Å². The molecule has 2 aromatic heterocycles. The second-order valence-corrected chi connectivity index (χ2v) is 6.84. The highest BCUT2D eigenvalue weighted by molar-refractivity contribution is 5.79. The van der Waals surface area contributed by atoms with Crippen molar-refractivity contribution in [2.45, 2.75) is 39.2 Å². The molecule has 1 aromatic carbocycles. The zero-order chi connectivity index (χ0) is 17.4. The number of rotatable bonds is 3. The third-order valence-corrected chi connectivity index (χ3v) is 4.86. The van der Waals surface area contributed by atoms with Crippen LogP contribution in [0.5, 0.6) is 0 Å². The summed E-state index contributed by atoms with van der Waals surface area (Å²) in [7, 11) is 0. The van der Waals surface area contributed by atoms with Crippen LogP contribution in [-0.2, 0) is 11.2 Å². The van der Waals surface area contributed by atoms with Gasteiger partial charge < -0.3 is 4.90 Å². The zero-order valence-corrected chi connectivity index (χ0v) is 14.6. The predicted octanol–water partition coefficient (Wildman–Crippen LogP) is 3.25. The van der Waals surface area contributed by atoms with Crippen molar-refractivity contribution in [3.05, 3.63) is 65.1 Å². The van der Waals surface area contributed by atoms with Crippen molar-refractivity contribution in [2.24, 2.45) is 0 Å². The molecule has 1 amide bonds. The molecule has 0 spiro atoms. The third kappa shape index (κ3) is 3.02. The first-order chi connectivity index (χ1) is 12.1. The molecule has 3 heterocycles. The maximum Gasteiger partial charge on any atom is 0.227 e. The van der Waals surface area contributed by atoms with Crippen LogP contribution in [0.4, 0.5) is 0 Å². The van der Waals surface area contributed by atoms with E-state index in [1.54, 1.807) is 0 Å². The summed E-state index contributed by atoms with van der Waals surface area (Å²) in [5, 5.41) is 4.56. The Hall–Kier alpha value is -2.69. The molecular weight excluding hydrogens is 312 g/mol. The van der Waals surface area contributed by atoms with E-state index in [0.717, 1.165) is 42.0 Å². The second-order valence-electron chi connectivity index (χ2n) is 6.84. The normalized spacial score (nSPS) is 17.4. The molecule has 5 nitrogen and oxygen atoms in total. The van der Waals surface area contributed by atoms with Gasteiger partial charge in [-0.1, -0.05) is 29.8 Å². The fourth-order valence-electron chi connectivity index (χ4n) is 3.75. The number of aromatic nitrogens is 3. The highest BCUT2D eigenvalue weighted by Gasteiger charge is 2.31. The molecule has 0 N–H and O–H groups in total. The van der Waals surface area contributed by atoms with Crippen LogP contribution < -0.4 is 0 Å². The van der Waals surface area contributed by atoms with E-state index in [1.807, 2.05) is 46.8 Å². The van der Waals surface area contributed by atoms with Crippen molar-refractivity contribution in [2.75, 3.05) is 6.54 Å². The first kappa shape index (κ1) is 15.8. The lowest BCUT2D eigenvalue weighted by atomic mass is 10.1. The van der Waals surface area contributed by atoms with Crippen LogP contribution in [-0.4, -0.2) is 31.9 Å². The minimum Gasteiger partial charge on any atom is -0.334 e. The Morgan fingerprint density at radius 2 is 2.12 bits per heavy atom. The Kier molecular flexibility index (Phi) is 3.99. The van der Waals surface area contributed by atoms with Gasteiger partial charge in [0.25, 0.3) is 0 Å². The van der Waals surface area contributed by atoms with Crippen molar-refractivity contribution < 1.29 is 4.79 Å². The van der Waals surface area contributed by atoms with Crippen LogP contribution in [0.2, 0.25) is 0 Å². The molecule has 128 valence electrons. The van der Waals surface area contributed by atoms with E-state index in [1.165, 1.54) is 5.56 Å². The van der Waals surface area contributed by atoms with Crippen LogP contribution in [0.3, 0.4) is 0 Å². The molecule has 25 heavy (non-hydrogen) atoms. The number of amides is 1. The first-order valence-electron chi connectivity index (χ1n) is 8.78. The first-order valence-corrected chi connectivity index (χ1v) is 8.78. The zero-order valence-electron chi connectivity index (χ0n) is 14.6. The summed E-state index contributed by atoms with van der Waals surface area (Å²) in [6.45, 7) is 4.83. The van der Waals surface area contributed by atoms with Crippen molar-refractivity contribution in [3.8, 4) is 0 Å². The van der Waals surface area contributed by atoms with Crippen molar-refractivity contribution >= 4 is 11.6 Å². The van der Waals surface area contributed by atoms with Gasteiger partial charge in [-0.2, -0.15) is 5.10 Å². The Morgan fingerprint density at radius 1 is 1.24 bits per heavy atom. The highest BCUT2D eigenvalue weighted by atomic mass is 16.2. The molecule has 1 saturated heterocycles. The summed E-state index contributed by atoms with van der Waals surface area (Å²) in [6, 6.07) is 12.2. The van der Waals surface area contributed by atoms with Crippen LogP contribution >= 0.6 is 0 Å². The van der Waals surface area contributed by atoms with Gasteiger partial charge in [-0.3, -0.25) is 4.79 Å². The van der Waals surface area contributed by atoms with E-state index in [4.69, 9.17) is 0 Å². The Labute approximate surface area is 147 Å². The molecular formula is C20H22N4O. The number of fused-ring (bicyclic) bond motifs is 1. The minimum atomic E-state index is 0.0714. The van der Waals surface area contributed by atoms with Gasteiger partial charge in [-0.05, 0) is 38.3 Å². The van der Waals surface area contributed by atoms with Gasteiger partial charge in [0.05, 0.1) is 23.9 Å². The maximum atomic E-state index is 12.9. The number of nitrogens with zero attached hydrogens (tertiary/aromatic N) is 4. The van der Waals surface area contributed by atoms with Crippen molar-refractivity contribution in [1.29, 1.82) is 0 Å². The molecule has 0 bridgehead atoms. The minimum absolute atomic E-state index is 0.0714. The fourth-order valence-corrected chi connectivity index (χ4v) is 3.75. The summed E-state index contributed by atoms with van der Waals surface area (Å²) in [6.07, 6.45) is 4.25. The Bertz CT molecular complexity index is 930. The van der Waals surface area contributed by atoms with E-state index < -0.39 is 0 Å². The Morgan fingerprint density at radius 3 is 2.96 bits per heavy atom. The molecule has 4 rings (SSSR count). The van der Waals surface area contributed by atoms with Gasteiger partial charge in [0.2, 0.25) is 5.91 Å². The molecule has 1 fully saturated rings. The highest BCUT2D eigenvalue weighted by Crippen LogP contribution is 2.32. The average Bonchev–Trinajstić information content (AvgIpc) is 3.19. The molecule has 0 unspecified atom stereocenters. The molecule has 1 aliphatic rings. The third-order valence-electron chi connectivity index (χ3n) is 4.86. The maximum absolute atomic E-state index is 12.9. The molecule has 3 aromatic rings. The monoisotopic (exact) mass is 334 g/mol. The van der Waals surface area contributed by atoms with E-state index in [9.17, 15) is 4.79 Å².